The SMILES string of the molecule is CC(C)C(NC(=O)CSc1nnc(Cc2ccccc2F)n1N)c1ccc2c(c1)OCCO2. The molecule has 1 aliphatic heterocycles. The Bertz CT molecular complexity index is 1140. The number of nitrogens with two attached hydrogens (primary N) is 1. The first kappa shape index (κ1) is 22.9. The van der Waals surface area contributed by atoms with E-state index < -0.39 is 0 Å². The number of ether oxygens (including phenoxy) is 2. The lowest BCUT2D eigenvalue weighted by molar-refractivity contribution is -0.119. The summed E-state index contributed by atoms with van der Waals surface area (Å²) in [5, 5.41) is 11.6. The molecular formula is C23H26FN5O3S. The minimum atomic E-state index is -0.326. The lowest BCUT2D eigenvalue weighted by Gasteiger charge is -2.25. The molecule has 1 unspecified atom stereocenters. The summed E-state index contributed by atoms with van der Waals surface area (Å²) in [5.41, 5.74) is 1.42. The van der Waals surface area contributed by atoms with Crippen molar-refractivity contribution in [1.29, 1.82) is 0 Å². The Labute approximate surface area is 195 Å². The molecule has 2 aromatic carbocycles. The molecule has 174 valence electrons. The first-order valence-corrected chi connectivity index (χ1v) is 11.7. The second-order valence-corrected chi connectivity index (χ2v) is 8.96. The van der Waals surface area contributed by atoms with E-state index in [9.17, 15) is 9.18 Å². The smallest absolute Gasteiger partial charge is 0.230 e. The van der Waals surface area contributed by atoms with Gasteiger partial charge in [0.25, 0.3) is 0 Å². The van der Waals surface area contributed by atoms with Crippen LogP contribution >= 0.6 is 11.8 Å². The molecule has 0 spiro atoms. The molecule has 2 heterocycles. The minimum absolute atomic E-state index is 0.114. The molecule has 0 bridgehead atoms. The predicted molar refractivity (Wildman–Crippen MR) is 123 cm³/mol. The van der Waals surface area contributed by atoms with Crippen molar-refractivity contribution in [1.82, 2.24) is 20.2 Å². The molecule has 3 N–H and O–H groups in total. The summed E-state index contributed by atoms with van der Waals surface area (Å²) in [6.45, 7) is 5.12. The quantitative estimate of drug-likeness (QED) is 0.384. The average molecular weight is 472 g/mol. The van der Waals surface area contributed by atoms with E-state index in [0.29, 0.717) is 41.3 Å². The Morgan fingerprint density at radius 2 is 1.94 bits per heavy atom. The second-order valence-electron chi connectivity index (χ2n) is 8.02. The van der Waals surface area contributed by atoms with Crippen molar-refractivity contribution in [2.45, 2.75) is 31.5 Å². The zero-order chi connectivity index (χ0) is 23.4. The molecular weight excluding hydrogens is 445 g/mol. The summed E-state index contributed by atoms with van der Waals surface area (Å²) in [7, 11) is 0. The number of hydrogen-bond acceptors (Lipinski definition) is 7. The molecule has 1 atom stereocenters. The Balaban J connectivity index is 1.38. The van der Waals surface area contributed by atoms with Crippen LogP contribution in [0.5, 0.6) is 11.5 Å². The van der Waals surface area contributed by atoms with Crippen molar-refractivity contribution in [3.8, 4) is 11.5 Å². The third kappa shape index (κ3) is 5.39. The van der Waals surface area contributed by atoms with Gasteiger partial charge < -0.3 is 20.6 Å². The highest BCUT2D eigenvalue weighted by Crippen LogP contribution is 2.34. The van der Waals surface area contributed by atoms with Crippen LogP contribution in [-0.4, -0.2) is 39.7 Å². The Hall–Kier alpha value is -3.27. The fourth-order valence-electron chi connectivity index (χ4n) is 3.57. The van der Waals surface area contributed by atoms with Crippen molar-refractivity contribution in [2.75, 3.05) is 24.8 Å². The highest BCUT2D eigenvalue weighted by Gasteiger charge is 2.22. The molecule has 1 amide bonds. The van der Waals surface area contributed by atoms with Gasteiger partial charge in [-0.05, 0) is 35.2 Å². The van der Waals surface area contributed by atoms with Gasteiger partial charge in [-0.25, -0.2) is 9.07 Å². The number of nitrogens with one attached hydrogen (secondary N) is 1. The van der Waals surface area contributed by atoms with E-state index in [4.69, 9.17) is 15.3 Å². The maximum absolute atomic E-state index is 13.9. The summed E-state index contributed by atoms with van der Waals surface area (Å²) in [4.78, 5) is 12.7. The van der Waals surface area contributed by atoms with Crippen LogP contribution in [0.1, 0.15) is 36.8 Å². The van der Waals surface area contributed by atoms with Crippen LogP contribution in [0.2, 0.25) is 0 Å². The third-order valence-electron chi connectivity index (χ3n) is 5.28. The molecule has 1 aliphatic rings. The van der Waals surface area contributed by atoms with Crippen molar-refractivity contribution in [2.24, 2.45) is 5.92 Å². The molecule has 3 aromatic rings. The van der Waals surface area contributed by atoms with Gasteiger partial charge in [0.05, 0.1) is 11.8 Å². The van der Waals surface area contributed by atoms with E-state index in [1.54, 1.807) is 18.2 Å². The van der Waals surface area contributed by atoms with E-state index in [2.05, 4.69) is 15.5 Å². The molecule has 10 heteroatoms. The Morgan fingerprint density at radius 3 is 2.70 bits per heavy atom. The van der Waals surface area contributed by atoms with Crippen LogP contribution in [-0.2, 0) is 11.2 Å². The number of carbonyl (C=O) groups is 1. The number of carbonyl (C=O) groups excluding carboxylic acids is 1. The number of aromatic nitrogens is 3. The van der Waals surface area contributed by atoms with Crippen LogP contribution < -0.4 is 20.6 Å². The molecule has 33 heavy (non-hydrogen) atoms. The van der Waals surface area contributed by atoms with Crippen LogP contribution in [0, 0.1) is 11.7 Å². The van der Waals surface area contributed by atoms with Crippen LogP contribution in [0.4, 0.5) is 4.39 Å². The van der Waals surface area contributed by atoms with E-state index >= 15 is 0 Å². The molecule has 0 fully saturated rings. The first-order valence-electron chi connectivity index (χ1n) is 10.7. The summed E-state index contributed by atoms with van der Waals surface area (Å²) in [6, 6.07) is 12.0. The third-order valence-corrected chi connectivity index (χ3v) is 6.23. The number of hydrogen-bond donors (Lipinski definition) is 2. The van der Waals surface area contributed by atoms with E-state index in [1.165, 1.54) is 22.5 Å². The van der Waals surface area contributed by atoms with Gasteiger partial charge in [0.2, 0.25) is 11.1 Å². The Morgan fingerprint density at radius 1 is 1.18 bits per heavy atom. The Kier molecular flexibility index (Phi) is 7.02. The number of fused-ring (bicyclic) bond motifs is 1. The molecule has 0 saturated heterocycles. The lowest BCUT2D eigenvalue weighted by atomic mass is 9.95. The van der Waals surface area contributed by atoms with Gasteiger partial charge in [0, 0.05) is 6.42 Å². The summed E-state index contributed by atoms with van der Waals surface area (Å²) >= 11 is 1.18. The number of rotatable bonds is 8. The number of amides is 1. The molecule has 0 aliphatic carbocycles. The van der Waals surface area contributed by atoms with E-state index in [1.807, 2.05) is 32.0 Å². The normalized spacial score (nSPS) is 13.7. The topological polar surface area (TPSA) is 104 Å². The number of halogens is 1. The highest BCUT2D eigenvalue weighted by molar-refractivity contribution is 7.99. The van der Waals surface area contributed by atoms with Crippen molar-refractivity contribution >= 4 is 17.7 Å². The largest absolute Gasteiger partial charge is 0.486 e. The average Bonchev–Trinajstić information content (AvgIpc) is 3.16. The zero-order valence-corrected chi connectivity index (χ0v) is 19.3. The monoisotopic (exact) mass is 471 g/mol. The van der Waals surface area contributed by atoms with Crippen molar-refractivity contribution in [3.63, 3.8) is 0 Å². The maximum atomic E-state index is 13.9. The van der Waals surface area contributed by atoms with E-state index in [0.717, 1.165) is 5.56 Å². The fourth-order valence-corrected chi connectivity index (χ4v) is 4.26. The molecule has 4 rings (SSSR count). The van der Waals surface area contributed by atoms with Gasteiger partial charge >= 0.3 is 0 Å². The van der Waals surface area contributed by atoms with Gasteiger partial charge in [-0.2, -0.15) is 0 Å². The van der Waals surface area contributed by atoms with Gasteiger partial charge in [0.1, 0.15) is 19.0 Å². The minimum Gasteiger partial charge on any atom is -0.486 e. The van der Waals surface area contributed by atoms with Crippen LogP contribution in [0.25, 0.3) is 0 Å². The molecule has 0 radical (unpaired) electrons. The van der Waals surface area contributed by atoms with E-state index in [-0.39, 0.29) is 35.9 Å². The molecule has 1 aromatic heterocycles. The van der Waals surface area contributed by atoms with Gasteiger partial charge in [-0.15, -0.1) is 10.2 Å². The number of thioether (sulfide) groups is 1. The highest BCUT2D eigenvalue weighted by atomic mass is 32.2. The predicted octanol–water partition coefficient (Wildman–Crippen LogP) is 3.10. The van der Waals surface area contributed by atoms with Gasteiger partial charge in [-0.3, -0.25) is 4.79 Å². The number of benzene rings is 2. The molecule has 8 nitrogen and oxygen atoms in total. The second kappa shape index (κ2) is 10.1. The van der Waals surface area contributed by atoms with Gasteiger partial charge in [-0.1, -0.05) is 49.9 Å². The first-order chi connectivity index (χ1) is 15.9. The van der Waals surface area contributed by atoms with Crippen LogP contribution in [0.15, 0.2) is 47.6 Å². The summed E-state index contributed by atoms with van der Waals surface area (Å²) < 4.78 is 26.5. The van der Waals surface area contributed by atoms with Crippen molar-refractivity contribution < 1.29 is 18.7 Å². The van der Waals surface area contributed by atoms with Crippen molar-refractivity contribution in [3.05, 3.63) is 65.2 Å². The molecule has 0 saturated carbocycles. The summed E-state index contributed by atoms with van der Waals surface area (Å²) in [6.07, 6.45) is 0.211. The summed E-state index contributed by atoms with van der Waals surface area (Å²) in [5.74, 6) is 7.68. The lowest BCUT2D eigenvalue weighted by Crippen LogP contribution is -2.33. The number of nitrogen functional groups attached to an aromatic ring is 1. The van der Waals surface area contributed by atoms with Crippen LogP contribution in [0.3, 0.4) is 0 Å². The zero-order valence-electron chi connectivity index (χ0n) is 18.5. The maximum Gasteiger partial charge on any atom is 0.230 e. The standard InChI is InChI=1S/C23H26FN5O3S/c1-14(2)22(16-7-8-18-19(11-16)32-10-9-31-18)26-21(30)13-33-23-28-27-20(29(23)25)12-15-5-3-4-6-17(15)24/h3-8,11,14,22H,9-10,12-13,25H2,1-2H3,(H,26,30). The number of nitrogens with zero attached hydrogens (tertiary/aromatic N) is 3. The van der Waals surface area contributed by atoms with Gasteiger partial charge in [0.15, 0.2) is 17.3 Å². The fraction of sp³-hybridized carbons (Fsp3) is 0.348.